The van der Waals surface area contributed by atoms with Crippen LogP contribution >= 0.6 is 0 Å². The van der Waals surface area contributed by atoms with Gasteiger partial charge in [0.1, 0.15) is 11.9 Å². The van der Waals surface area contributed by atoms with Crippen LogP contribution in [0.15, 0.2) is 18.2 Å². The number of anilines is 1. The van der Waals surface area contributed by atoms with Crippen molar-refractivity contribution in [3.63, 3.8) is 0 Å². The molecule has 2 aliphatic heterocycles. The molecule has 2 saturated heterocycles. The molecule has 8 nitrogen and oxygen atoms in total. The number of halogens is 1. The van der Waals surface area contributed by atoms with Crippen LogP contribution in [0.2, 0.25) is 0 Å². The lowest BCUT2D eigenvalue weighted by atomic mass is 9.97. The molecule has 2 fully saturated rings. The average molecular weight is 379 g/mol. The standard InChI is InChI=1S/C18H22FN3O5/c1-11(23)20-8-14-10-22(18(25)27-14)13-3-4-15(16(19)7-13)12-5-6-21(9-12)17(24)26-2/h3-4,7,12,14H,5-6,8-10H2,1-2H3,(H,20,23)/t12?,14-/m0/s1. The van der Waals surface area contributed by atoms with Gasteiger partial charge in [0, 0.05) is 25.9 Å². The van der Waals surface area contributed by atoms with E-state index in [4.69, 9.17) is 9.47 Å². The summed E-state index contributed by atoms with van der Waals surface area (Å²) in [6.07, 6.45) is -0.821. The van der Waals surface area contributed by atoms with Gasteiger partial charge in [0.2, 0.25) is 5.91 Å². The molecule has 1 aromatic rings. The number of ether oxygens (including phenoxy) is 2. The lowest BCUT2D eigenvalue weighted by Crippen LogP contribution is -2.33. The molecule has 0 spiro atoms. The quantitative estimate of drug-likeness (QED) is 0.863. The predicted octanol–water partition coefficient (Wildman–Crippen LogP) is 1.84. The molecule has 146 valence electrons. The Hall–Kier alpha value is -2.84. The van der Waals surface area contributed by atoms with Crippen LogP contribution in [0.5, 0.6) is 0 Å². The maximum Gasteiger partial charge on any atom is 0.414 e. The van der Waals surface area contributed by atoms with E-state index in [2.05, 4.69) is 5.32 Å². The molecule has 27 heavy (non-hydrogen) atoms. The zero-order valence-corrected chi connectivity index (χ0v) is 15.2. The maximum absolute atomic E-state index is 14.7. The van der Waals surface area contributed by atoms with Gasteiger partial charge in [-0.25, -0.2) is 14.0 Å². The molecule has 2 atom stereocenters. The zero-order valence-electron chi connectivity index (χ0n) is 15.2. The van der Waals surface area contributed by atoms with Gasteiger partial charge < -0.3 is 19.7 Å². The predicted molar refractivity (Wildman–Crippen MR) is 94.0 cm³/mol. The Morgan fingerprint density at radius 2 is 2.15 bits per heavy atom. The van der Waals surface area contributed by atoms with Gasteiger partial charge in [0.15, 0.2) is 0 Å². The number of benzene rings is 1. The van der Waals surface area contributed by atoms with E-state index >= 15 is 0 Å². The van der Waals surface area contributed by atoms with E-state index in [0.717, 1.165) is 0 Å². The number of hydrogen-bond acceptors (Lipinski definition) is 5. The molecule has 9 heteroatoms. The Labute approximate surface area is 156 Å². The first kappa shape index (κ1) is 18.9. The van der Waals surface area contributed by atoms with E-state index in [1.54, 1.807) is 17.0 Å². The van der Waals surface area contributed by atoms with Crippen LogP contribution in [-0.4, -0.2) is 62.4 Å². The van der Waals surface area contributed by atoms with Gasteiger partial charge >= 0.3 is 12.2 Å². The van der Waals surface area contributed by atoms with Crippen molar-refractivity contribution in [3.05, 3.63) is 29.6 Å². The van der Waals surface area contributed by atoms with E-state index in [1.165, 1.54) is 25.0 Å². The van der Waals surface area contributed by atoms with Gasteiger partial charge in [0.25, 0.3) is 0 Å². The van der Waals surface area contributed by atoms with Crippen LogP contribution in [0.4, 0.5) is 19.7 Å². The second-order valence-electron chi connectivity index (χ2n) is 6.66. The molecule has 2 aliphatic rings. The van der Waals surface area contributed by atoms with Crippen LogP contribution in [0.1, 0.15) is 24.8 Å². The second-order valence-corrected chi connectivity index (χ2v) is 6.66. The summed E-state index contributed by atoms with van der Waals surface area (Å²) in [5.41, 5.74) is 0.905. The van der Waals surface area contributed by atoms with Crippen molar-refractivity contribution in [2.45, 2.75) is 25.4 Å². The minimum absolute atomic E-state index is 0.115. The van der Waals surface area contributed by atoms with Crippen molar-refractivity contribution in [1.82, 2.24) is 10.2 Å². The van der Waals surface area contributed by atoms with Gasteiger partial charge in [-0.3, -0.25) is 9.69 Å². The summed E-state index contributed by atoms with van der Waals surface area (Å²) in [4.78, 5) is 37.5. The van der Waals surface area contributed by atoms with Crippen LogP contribution in [0, 0.1) is 5.82 Å². The van der Waals surface area contributed by atoms with E-state index in [-0.39, 0.29) is 24.9 Å². The Morgan fingerprint density at radius 1 is 1.37 bits per heavy atom. The fourth-order valence-corrected chi connectivity index (χ4v) is 3.42. The lowest BCUT2D eigenvalue weighted by Gasteiger charge is -2.17. The number of rotatable bonds is 4. The minimum atomic E-state index is -0.574. The van der Waals surface area contributed by atoms with Crippen molar-refractivity contribution in [2.24, 2.45) is 0 Å². The van der Waals surface area contributed by atoms with Crippen LogP contribution in [0.25, 0.3) is 0 Å². The third-order valence-corrected chi connectivity index (χ3v) is 4.81. The Balaban J connectivity index is 1.67. The number of nitrogens with one attached hydrogen (secondary N) is 1. The van der Waals surface area contributed by atoms with Crippen molar-refractivity contribution in [1.29, 1.82) is 0 Å². The molecule has 1 N–H and O–H groups in total. The number of carbonyl (C=O) groups is 3. The van der Waals surface area contributed by atoms with Gasteiger partial charge in [-0.05, 0) is 24.1 Å². The van der Waals surface area contributed by atoms with Crippen LogP contribution in [-0.2, 0) is 14.3 Å². The molecular formula is C18H22FN3O5. The topological polar surface area (TPSA) is 88.2 Å². The van der Waals surface area contributed by atoms with Crippen molar-refractivity contribution in [2.75, 3.05) is 38.2 Å². The first-order chi connectivity index (χ1) is 12.9. The first-order valence-corrected chi connectivity index (χ1v) is 8.74. The molecule has 0 radical (unpaired) electrons. The minimum Gasteiger partial charge on any atom is -0.453 e. The second kappa shape index (κ2) is 7.81. The highest BCUT2D eigenvalue weighted by atomic mass is 19.1. The first-order valence-electron chi connectivity index (χ1n) is 8.74. The summed E-state index contributed by atoms with van der Waals surface area (Å²) in [7, 11) is 1.32. The lowest BCUT2D eigenvalue weighted by molar-refractivity contribution is -0.119. The molecule has 3 amide bonds. The number of hydrogen-bond donors (Lipinski definition) is 1. The highest BCUT2D eigenvalue weighted by molar-refractivity contribution is 5.89. The van der Waals surface area contributed by atoms with Crippen molar-refractivity contribution >= 4 is 23.8 Å². The summed E-state index contributed by atoms with van der Waals surface area (Å²) in [5.74, 6) is -0.754. The molecule has 1 aromatic carbocycles. The van der Waals surface area contributed by atoms with Crippen LogP contribution in [0.3, 0.4) is 0 Å². The molecule has 0 bridgehead atoms. The SMILES string of the molecule is COC(=O)N1CCC(c2ccc(N3C[C@H](CNC(C)=O)OC3=O)cc2F)C1. The summed E-state index contributed by atoms with van der Waals surface area (Å²) in [6.45, 7) is 2.74. The summed E-state index contributed by atoms with van der Waals surface area (Å²) in [6, 6.07) is 4.62. The number of carbonyl (C=O) groups excluding carboxylic acids is 3. The highest BCUT2D eigenvalue weighted by Gasteiger charge is 2.34. The van der Waals surface area contributed by atoms with E-state index in [1.807, 2.05) is 0 Å². The summed E-state index contributed by atoms with van der Waals surface area (Å²) < 4.78 is 24.6. The summed E-state index contributed by atoms with van der Waals surface area (Å²) >= 11 is 0. The highest BCUT2D eigenvalue weighted by Crippen LogP contribution is 2.32. The number of cyclic esters (lactones) is 1. The van der Waals surface area contributed by atoms with Gasteiger partial charge in [-0.1, -0.05) is 6.07 Å². The third kappa shape index (κ3) is 4.12. The number of nitrogens with zero attached hydrogens (tertiary/aromatic N) is 2. The van der Waals surface area contributed by atoms with Gasteiger partial charge in [-0.2, -0.15) is 0 Å². The molecular weight excluding hydrogens is 357 g/mol. The molecule has 0 aliphatic carbocycles. The van der Waals surface area contributed by atoms with E-state index in [0.29, 0.717) is 30.8 Å². The average Bonchev–Trinajstić information content (AvgIpc) is 3.26. The normalized spacial score (nSPS) is 22.0. The number of likely N-dealkylation sites (tertiary alicyclic amines) is 1. The fourth-order valence-electron chi connectivity index (χ4n) is 3.42. The van der Waals surface area contributed by atoms with Gasteiger partial charge in [0.05, 0.1) is 25.9 Å². The van der Waals surface area contributed by atoms with Crippen LogP contribution < -0.4 is 10.2 Å². The Bertz CT molecular complexity index is 757. The maximum atomic E-state index is 14.7. The molecule has 1 unspecified atom stereocenters. The molecule has 2 heterocycles. The smallest absolute Gasteiger partial charge is 0.414 e. The number of methoxy groups -OCH3 is 1. The van der Waals surface area contributed by atoms with Crippen molar-refractivity contribution in [3.8, 4) is 0 Å². The largest absolute Gasteiger partial charge is 0.453 e. The fraction of sp³-hybridized carbons (Fsp3) is 0.500. The third-order valence-electron chi connectivity index (χ3n) is 4.81. The van der Waals surface area contributed by atoms with Gasteiger partial charge in [-0.15, -0.1) is 0 Å². The van der Waals surface area contributed by atoms with E-state index in [9.17, 15) is 18.8 Å². The Morgan fingerprint density at radius 3 is 2.81 bits per heavy atom. The van der Waals surface area contributed by atoms with E-state index < -0.39 is 24.1 Å². The number of amides is 3. The Kier molecular flexibility index (Phi) is 5.48. The summed E-state index contributed by atoms with van der Waals surface area (Å²) in [5, 5.41) is 2.60. The zero-order chi connectivity index (χ0) is 19.6. The molecule has 3 rings (SSSR count). The monoisotopic (exact) mass is 379 g/mol. The molecule has 0 aromatic heterocycles. The molecule has 0 saturated carbocycles. The van der Waals surface area contributed by atoms with Crippen molar-refractivity contribution < 1.29 is 28.2 Å².